The molecule has 1 aromatic rings. The summed E-state index contributed by atoms with van der Waals surface area (Å²) in [5, 5.41) is 0. The topological polar surface area (TPSA) is 70.5 Å². The van der Waals surface area contributed by atoms with E-state index >= 15 is 0 Å². The van der Waals surface area contributed by atoms with E-state index in [1.165, 1.54) is 0 Å². The van der Waals surface area contributed by atoms with Crippen LogP contribution >= 0.6 is 0 Å². The highest BCUT2D eigenvalue weighted by atomic mass is 16.5. The molecule has 4 nitrogen and oxygen atoms in total. The van der Waals surface area contributed by atoms with Gasteiger partial charge in [0.1, 0.15) is 0 Å². The van der Waals surface area contributed by atoms with Crippen LogP contribution in [0.3, 0.4) is 0 Å². The molecule has 4 heteroatoms. The minimum absolute atomic E-state index is 0.0615. The monoisotopic (exact) mass is 224 g/mol. The predicted octanol–water partition coefficient (Wildman–Crippen LogP) is 1.44. The standard InChI is InChI=1S/C12H20N2O2/c1-15-11-7-3-5-9(12(11)16-2)10(14)6-4-8-13/h3,5,7,10H,4,6,8,13-14H2,1-2H3/t10-/m1/s1. The summed E-state index contributed by atoms with van der Waals surface area (Å²) in [5.74, 6) is 1.43. The van der Waals surface area contributed by atoms with Crippen molar-refractivity contribution >= 4 is 0 Å². The second kappa shape index (κ2) is 6.35. The van der Waals surface area contributed by atoms with Crippen molar-refractivity contribution in [1.82, 2.24) is 0 Å². The van der Waals surface area contributed by atoms with E-state index in [1.807, 2.05) is 18.2 Å². The molecule has 0 aliphatic heterocycles. The highest BCUT2D eigenvalue weighted by Crippen LogP contribution is 2.34. The largest absolute Gasteiger partial charge is 0.493 e. The molecule has 0 saturated heterocycles. The normalized spacial score (nSPS) is 12.2. The molecule has 0 fully saturated rings. The first-order valence-corrected chi connectivity index (χ1v) is 5.41. The van der Waals surface area contributed by atoms with Gasteiger partial charge in [0.2, 0.25) is 0 Å². The van der Waals surface area contributed by atoms with Crippen molar-refractivity contribution in [2.24, 2.45) is 11.5 Å². The van der Waals surface area contributed by atoms with Gasteiger partial charge in [0.05, 0.1) is 14.2 Å². The number of rotatable bonds is 6. The lowest BCUT2D eigenvalue weighted by atomic mass is 10.0. The lowest BCUT2D eigenvalue weighted by Crippen LogP contribution is -2.13. The second-order valence-corrected chi connectivity index (χ2v) is 3.62. The molecule has 0 amide bonds. The third-order valence-corrected chi connectivity index (χ3v) is 2.55. The fourth-order valence-electron chi connectivity index (χ4n) is 1.70. The molecule has 0 radical (unpaired) electrons. The van der Waals surface area contributed by atoms with Crippen LogP contribution in [0.15, 0.2) is 18.2 Å². The van der Waals surface area contributed by atoms with Crippen molar-refractivity contribution in [3.8, 4) is 11.5 Å². The Kier molecular flexibility index (Phi) is 5.08. The van der Waals surface area contributed by atoms with E-state index in [4.69, 9.17) is 20.9 Å². The van der Waals surface area contributed by atoms with Crippen molar-refractivity contribution < 1.29 is 9.47 Å². The van der Waals surface area contributed by atoms with E-state index in [0.717, 1.165) is 24.2 Å². The molecule has 1 rings (SSSR count). The third kappa shape index (κ3) is 2.87. The van der Waals surface area contributed by atoms with Gasteiger partial charge in [-0.1, -0.05) is 12.1 Å². The summed E-state index contributed by atoms with van der Waals surface area (Å²) in [4.78, 5) is 0. The van der Waals surface area contributed by atoms with Gasteiger partial charge < -0.3 is 20.9 Å². The Morgan fingerprint density at radius 3 is 2.56 bits per heavy atom. The fraction of sp³-hybridized carbons (Fsp3) is 0.500. The maximum absolute atomic E-state index is 6.09. The van der Waals surface area contributed by atoms with Gasteiger partial charge in [-0.05, 0) is 25.5 Å². The average Bonchev–Trinajstić information content (AvgIpc) is 2.34. The van der Waals surface area contributed by atoms with E-state index in [9.17, 15) is 0 Å². The minimum Gasteiger partial charge on any atom is -0.493 e. The van der Waals surface area contributed by atoms with E-state index < -0.39 is 0 Å². The molecule has 0 aromatic heterocycles. The Morgan fingerprint density at radius 1 is 1.25 bits per heavy atom. The number of hydrogen-bond acceptors (Lipinski definition) is 4. The molecular weight excluding hydrogens is 204 g/mol. The molecular formula is C12H20N2O2. The molecule has 0 unspecified atom stereocenters. The SMILES string of the molecule is COc1cccc([C@H](N)CCCN)c1OC. The van der Waals surface area contributed by atoms with E-state index in [2.05, 4.69) is 0 Å². The highest BCUT2D eigenvalue weighted by Gasteiger charge is 2.15. The van der Waals surface area contributed by atoms with Gasteiger partial charge in [-0.25, -0.2) is 0 Å². The second-order valence-electron chi connectivity index (χ2n) is 3.62. The van der Waals surface area contributed by atoms with Crippen molar-refractivity contribution in [2.45, 2.75) is 18.9 Å². The first-order valence-electron chi connectivity index (χ1n) is 5.41. The molecule has 90 valence electrons. The zero-order chi connectivity index (χ0) is 12.0. The minimum atomic E-state index is -0.0615. The lowest BCUT2D eigenvalue weighted by Gasteiger charge is -2.17. The zero-order valence-corrected chi connectivity index (χ0v) is 9.90. The summed E-state index contributed by atoms with van der Waals surface area (Å²) >= 11 is 0. The predicted molar refractivity (Wildman–Crippen MR) is 64.8 cm³/mol. The number of para-hydroxylation sites is 1. The van der Waals surface area contributed by atoms with Crippen LogP contribution < -0.4 is 20.9 Å². The summed E-state index contributed by atoms with van der Waals surface area (Å²) < 4.78 is 10.6. The van der Waals surface area contributed by atoms with Crippen LogP contribution in [0.2, 0.25) is 0 Å². The van der Waals surface area contributed by atoms with E-state index in [0.29, 0.717) is 12.3 Å². The number of ether oxygens (including phenoxy) is 2. The molecule has 0 heterocycles. The van der Waals surface area contributed by atoms with Crippen LogP contribution in [0.25, 0.3) is 0 Å². The molecule has 1 aromatic carbocycles. The molecule has 0 saturated carbocycles. The maximum Gasteiger partial charge on any atom is 0.165 e. The molecule has 0 aliphatic carbocycles. The molecule has 0 bridgehead atoms. The van der Waals surface area contributed by atoms with Gasteiger partial charge in [-0.15, -0.1) is 0 Å². The first-order chi connectivity index (χ1) is 7.74. The van der Waals surface area contributed by atoms with E-state index in [-0.39, 0.29) is 6.04 Å². The number of hydrogen-bond donors (Lipinski definition) is 2. The third-order valence-electron chi connectivity index (χ3n) is 2.55. The maximum atomic E-state index is 6.09. The summed E-state index contributed by atoms with van der Waals surface area (Å²) in [5.41, 5.74) is 12.5. The Hall–Kier alpha value is -1.26. The van der Waals surface area contributed by atoms with Crippen LogP contribution in [0.1, 0.15) is 24.4 Å². The molecule has 16 heavy (non-hydrogen) atoms. The molecule has 0 spiro atoms. The molecule has 1 atom stereocenters. The fourth-order valence-corrected chi connectivity index (χ4v) is 1.70. The van der Waals surface area contributed by atoms with Gasteiger partial charge in [0, 0.05) is 11.6 Å². The van der Waals surface area contributed by atoms with Crippen molar-refractivity contribution in [2.75, 3.05) is 20.8 Å². The Labute approximate surface area is 96.5 Å². The van der Waals surface area contributed by atoms with Crippen molar-refractivity contribution in [3.63, 3.8) is 0 Å². The Morgan fingerprint density at radius 2 is 2.00 bits per heavy atom. The van der Waals surface area contributed by atoms with Crippen LogP contribution in [-0.4, -0.2) is 20.8 Å². The molecule has 0 aliphatic rings. The Bertz CT molecular complexity index is 329. The number of methoxy groups -OCH3 is 2. The van der Waals surface area contributed by atoms with E-state index in [1.54, 1.807) is 14.2 Å². The quantitative estimate of drug-likeness (QED) is 0.767. The van der Waals surface area contributed by atoms with Gasteiger partial charge in [-0.3, -0.25) is 0 Å². The Balaban J connectivity index is 2.93. The van der Waals surface area contributed by atoms with Gasteiger partial charge >= 0.3 is 0 Å². The van der Waals surface area contributed by atoms with Crippen molar-refractivity contribution in [1.29, 1.82) is 0 Å². The average molecular weight is 224 g/mol. The zero-order valence-electron chi connectivity index (χ0n) is 9.90. The van der Waals surface area contributed by atoms with Crippen LogP contribution in [0.4, 0.5) is 0 Å². The summed E-state index contributed by atoms with van der Waals surface area (Å²) in [6.07, 6.45) is 1.75. The number of benzene rings is 1. The number of nitrogens with two attached hydrogens (primary N) is 2. The van der Waals surface area contributed by atoms with Crippen LogP contribution in [0, 0.1) is 0 Å². The highest BCUT2D eigenvalue weighted by molar-refractivity contribution is 5.47. The van der Waals surface area contributed by atoms with Gasteiger partial charge in [0.25, 0.3) is 0 Å². The van der Waals surface area contributed by atoms with Crippen molar-refractivity contribution in [3.05, 3.63) is 23.8 Å². The smallest absolute Gasteiger partial charge is 0.165 e. The van der Waals surface area contributed by atoms with Crippen LogP contribution in [-0.2, 0) is 0 Å². The first kappa shape index (κ1) is 12.8. The summed E-state index contributed by atoms with van der Waals surface area (Å²) in [6.45, 7) is 0.653. The summed E-state index contributed by atoms with van der Waals surface area (Å²) in [6, 6.07) is 5.67. The molecule has 4 N–H and O–H groups in total. The van der Waals surface area contributed by atoms with Gasteiger partial charge in [0.15, 0.2) is 11.5 Å². The lowest BCUT2D eigenvalue weighted by molar-refractivity contribution is 0.348. The van der Waals surface area contributed by atoms with Crippen LogP contribution in [0.5, 0.6) is 11.5 Å². The van der Waals surface area contributed by atoms with Gasteiger partial charge in [-0.2, -0.15) is 0 Å². The summed E-state index contributed by atoms with van der Waals surface area (Å²) in [7, 11) is 3.24.